The van der Waals surface area contributed by atoms with E-state index in [1.165, 1.54) is 6.42 Å². The van der Waals surface area contributed by atoms with Crippen LogP contribution in [0.3, 0.4) is 0 Å². The van der Waals surface area contributed by atoms with E-state index in [0.29, 0.717) is 6.10 Å². The summed E-state index contributed by atoms with van der Waals surface area (Å²) in [6.07, 6.45) is 5.67. The van der Waals surface area contributed by atoms with E-state index in [0.717, 1.165) is 35.3 Å². The van der Waals surface area contributed by atoms with Crippen molar-refractivity contribution in [3.05, 3.63) is 18.0 Å². The standard InChI is InChI=1S/C11H13N3O/c1-7-10-9(14-13-7)5-6-12-11(10)15-8-3-2-4-8/h5-6,8H,2-4H2,1H3,(H,13,14). The van der Waals surface area contributed by atoms with Crippen LogP contribution in [0.15, 0.2) is 12.3 Å². The third kappa shape index (κ3) is 1.37. The lowest BCUT2D eigenvalue weighted by Gasteiger charge is -2.25. The summed E-state index contributed by atoms with van der Waals surface area (Å²) in [6.45, 7) is 1.99. The number of hydrogen-bond donors (Lipinski definition) is 1. The molecule has 1 aliphatic carbocycles. The minimum atomic E-state index is 0.359. The molecular weight excluding hydrogens is 190 g/mol. The Balaban J connectivity index is 2.04. The Morgan fingerprint density at radius 3 is 3.07 bits per heavy atom. The molecule has 2 aromatic rings. The van der Waals surface area contributed by atoms with E-state index in [1.54, 1.807) is 6.20 Å². The van der Waals surface area contributed by atoms with Gasteiger partial charge in [0.25, 0.3) is 0 Å². The van der Waals surface area contributed by atoms with Crippen molar-refractivity contribution in [1.82, 2.24) is 15.2 Å². The van der Waals surface area contributed by atoms with Gasteiger partial charge in [0.15, 0.2) is 0 Å². The molecule has 4 nitrogen and oxygen atoms in total. The monoisotopic (exact) mass is 203 g/mol. The van der Waals surface area contributed by atoms with Crippen molar-refractivity contribution in [2.45, 2.75) is 32.3 Å². The molecule has 2 aromatic heterocycles. The minimum absolute atomic E-state index is 0.359. The molecule has 1 N–H and O–H groups in total. The Kier molecular flexibility index (Phi) is 1.87. The van der Waals surface area contributed by atoms with Crippen molar-refractivity contribution in [2.24, 2.45) is 0 Å². The molecule has 1 fully saturated rings. The molecule has 0 bridgehead atoms. The Morgan fingerprint density at radius 2 is 2.33 bits per heavy atom. The Morgan fingerprint density at radius 1 is 1.47 bits per heavy atom. The predicted molar refractivity (Wildman–Crippen MR) is 56.9 cm³/mol. The second kappa shape index (κ2) is 3.22. The summed E-state index contributed by atoms with van der Waals surface area (Å²) in [4.78, 5) is 4.28. The van der Waals surface area contributed by atoms with Gasteiger partial charge in [0.05, 0.1) is 10.9 Å². The zero-order chi connectivity index (χ0) is 10.3. The largest absolute Gasteiger partial charge is 0.474 e. The lowest BCUT2D eigenvalue weighted by Crippen LogP contribution is -2.25. The van der Waals surface area contributed by atoms with Crippen molar-refractivity contribution in [1.29, 1.82) is 0 Å². The Bertz CT molecular complexity index is 488. The molecule has 3 rings (SSSR count). The number of aryl methyl sites for hydroxylation is 1. The number of aromatic nitrogens is 3. The zero-order valence-electron chi connectivity index (χ0n) is 8.66. The average Bonchev–Trinajstić information content (AvgIpc) is 2.55. The summed E-state index contributed by atoms with van der Waals surface area (Å²) in [5, 5.41) is 8.16. The fourth-order valence-corrected chi connectivity index (χ4v) is 1.81. The number of H-pyrrole nitrogens is 1. The fraction of sp³-hybridized carbons (Fsp3) is 0.455. The number of ether oxygens (including phenoxy) is 1. The second-order valence-electron chi connectivity index (χ2n) is 4.03. The topological polar surface area (TPSA) is 50.8 Å². The normalized spacial score (nSPS) is 16.6. The van der Waals surface area contributed by atoms with Gasteiger partial charge in [-0.15, -0.1) is 0 Å². The summed E-state index contributed by atoms with van der Waals surface area (Å²) in [6, 6.07) is 1.90. The number of pyridine rings is 1. The smallest absolute Gasteiger partial charge is 0.225 e. The average molecular weight is 203 g/mol. The SMILES string of the molecule is Cc1[nH]nc2ccnc(OC3CCC3)c12. The summed E-state index contributed by atoms with van der Waals surface area (Å²) in [7, 11) is 0. The van der Waals surface area contributed by atoms with Crippen LogP contribution in [0.4, 0.5) is 0 Å². The van der Waals surface area contributed by atoms with Crippen molar-refractivity contribution >= 4 is 10.9 Å². The highest BCUT2D eigenvalue weighted by Gasteiger charge is 2.21. The maximum atomic E-state index is 5.83. The first-order valence-electron chi connectivity index (χ1n) is 5.31. The van der Waals surface area contributed by atoms with Gasteiger partial charge in [-0.3, -0.25) is 5.10 Å². The highest BCUT2D eigenvalue weighted by atomic mass is 16.5. The van der Waals surface area contributed by atoms with Crippen LogP contribution in [-0.4, -0.2) is 21.3 Å². The van der Waals surface area contributed by atoms with Crippen LogP contribution >= 0.6 is 0 Å². The lowest BCUT2D eigenvalue weighted by molar-refractivity contribution is 0.116. The van der Waals surface area contributed by atoms with Gasteiger partial charge >= 0.3 is 0 Å². The molecule has 2 heterocycles. The molecule has 4 heteroatoms. The minimum Gasteiger partial charge on any atom is -0.474 e. The molecule has 15 heavy (non-hydrogen) atoms. The van der Waals surface area contributed by atoms with Gasteiger partial charge in [-0.2, -0.15) is 5.10 Å². The molecule has 0 aliphatic heterocycles. The van der Waals surface area contributed by atoms with Gasteiger partial charge in [0.1, 0.15) is 6.10 Å². The number of aromatic amines is 1. The van der Waals surface area contributed by atoms with Crippen LogP contribution in [-0.2, 0) is 0 Å². The van der Waals surface area contributed by atoms with Gasteiger partial charge in [-0.1, -0.05) is 0 Å². The number of nitrogens with zero attached hydrogens (tertiary/aromatic N) is 2. The maximum Gasteiger partial charge on any atom is 0.225 e. The van der Waals surface area contributed by atoms with Crippen molar-refractivity contribution in [3.63, 3.8) is 0 Å². The van der Waals surface area contributed by atoms with E-state index in [2.05, 4.69) is 15.2 Å². The Labute approximate surface area is 87.7 Å². The predicted octanol–water partition coefficient (Wildman–Crippen LogP) is 2.20. The molecule has 0 saturated heterocycles. The van der Waals surface area contributed by atoms with E-state index < -0.39 is 0 Å². The van der Waals surface area contributed by atoms with Crippen molar-refractivity contribution in [3.8, 4) is 5.88 Å². The van der Waals surface area contributed by atoms with Crippen molar-refractivity contribution in [2.75, 3.05) is 0 Å². The zero-order valence-corrected chi connectivity index (χ0v) is 8.66. The Hall–Kier alpha value is -1.58. The van der Waals surface area contributed by atoms with E-state index in [4.69, 9.17) is 4.74 Å². The molecule has 0 aromatic carbocycles. The van der Waals surface area contributed by atoms with Gasteiger partial charge in [0, 0.05) is 11.9 Å². The molecule has 1 aliphatic rings. The van der Waals surface area contributed by atoms with Gasteiger partial charge in [0.2, 0.25) is 5.88 Å². The van der Waals surface area contributed by atoms with Crippen LogP contribution in [0.25, 0.3) is 10.9 Å². The van der Waals surface area contributed by atoms with Crippen LogP contribution in [0.1, 0.15) is 25.0 Å². The molecular formula is C11H13N3O. The van der Waals surface area contributed by atoms with Gasteiger partial charge in [-0.05, 0) is 32.3 Å². The van der Waals surface area contributed by atoms with Crippen LogP contribution in [0.5, 0.6) is 5.88 Å². The summed E-state index contributed by atoms with van der Waals surface area (Å²) in [5.74, 6) is 0.725. The van der Waals surface area contributed by atoms with E-state index in [-0.39, 0.29) is 0 Å². The molecule has 0 amide bonds. The quantitative estimate of drug-likeness (QED) is 0.814. The van der Waals surface area contributed by atoms with Crippen LogP contribution in [0.2, 0.25) is 0 Å². The lowest BCUT2D eigenvalue weighted by atomic mass is 9.96. The number of hydrogen-bond acceptors (Lipinski definition) is 3. The second-order valence-corrected chi connectivity index (χ2v) is 4.03. The highest BCUT2D eigenvalue weighted by Crippen LogP contribution is 2.29. The van der Waals surface area contributed by atoms with Crippen LogP contribution < -0.4 is 4.74 Å². The van der Waals surface area contributed by atoms with Gasteiger partial charge in [-0.25, -0.2) is 4.98 Å². The number of fused-ring (bicyclic) bond motifs is 1. The third-order valence-corrected chi connectivity index (χ3v) is 2.94. The van der Waals surface area contributed by atoms with E-state index in [1.807, 2.05) is 13.0 Å². The third-order valence-electron chi connectivity index (χ3n) is 2.94. The van der Waals surface area contributed by atoms with Gasteiger partial charge < -0.3 is 4.74 Å². The first-order valence-corrected chi connectivity index (χ1v) is 5.31. The first-order chi connectivity index (χ1) is 7.34. The molecule has 0 unspecified atom stereocenters. The van der Waals surface area contributed by atoms with Crippen LogP contribution in [0, 0.1) is 6.92 Å². The fourth-order valence-electron chi connectivity index (χ4n) is 1.81. The summed E-state index contributed by atoms with van der Waals surface area (Å²) < 4.78 is 5.83. The maximum absolute atomic E-state index is 5.83. The molecule has 0 atom stereocenters. The number of nitrogens with one attached hydrogen (secondary N) is 1. The number of rotatable bonds is 2. The van der Waals surface area contributed by atoms with E-state index in [9.17, 15) is 0 Å². The first kappa shape index (κ1) is 8.71. The molecule has 1 saturated carbocycles. The summed E-state index contributed by atoms with van der Waals surface area (Å²) in [5.41, 5.74) is 1.95. The molecule has 0 radical (unpaired) electrons. The molecule has 0 spiro atoms. The molecule has 78 valence electrons. The van der Waals surface area contributed by atoms with E-state index >= 15 is 0 Å². The summed E-state index contributed by atoms with van der Waals surface area (Å²) >= 11 is 0. The van der Waals surface area contributed by atoms with Crippen molar-refractivity contribution < 1.29 is 4.74 Å². The highest BCUT2D eigenvalue weighted by molar-refractivity contribution is 5.85.